The Labute approximate surface area is 136 Å². The Kier molecular flexibility index (Phi) is 4.74. The van der Waals surface area contributed by atoms with Crippen molar-refractivity contribution in [1.82, 2.24) is 10.9 Å². The molecule has 0 saturated carbocycles. The summed E-state index contributed by atoms with van der Waals surface area (Å²) in [5.41, 5.74) is 8.71. The molecular formula is C19H22N2O2. The Morgan fingerprint density at radius 1 is 0.913 bits per heavy atom. The van der Waals surface area contributed by atoms with Gasteiger partial charge in [0, 0.05) is 5.56 Å². The SMILES string of the molecule is C=C(NNC(=O)c1ccc(O)cc1)c1ccc(C(C)(C)C)cc1. The molecule has 23 heavy (non-hydrogen) atoms. The molecule has 0 aliphatic rings. The van der Waals surface area contributed by atoms with Gasteiger partial charge in [-0.05, 0) is 40.8 Å². The lowest BCUT2D eigenvalue weighted by atomic mass is 9.86. The first-order chi connectivity index (χ1) is 10.8. The van der Waals surface area contributed by atoms with Gasteiger partial charge in [-0.25, -0.2) is 0 Å². The molecule has 3 N–H and O–H groups in total. The maximum atomic E-state index is 12.0. The van der Waals surface area contributed by atoms with Gasteiger partial charge in [0.15, 0.2) is 0 Å². The molecule has 1 amide bonds. The molecule has 0 spiro atoms. The van der Waals surface area contributed by atoms with E-state index in [0.717, 1.165) is 5.56 Å². The average molecular weight is 310 g/mol. The van der Waals surface area contributed by atoms with Crippen LogP contribution in [-0.2, 0) is 5.41 Å². The van der Waals surface area contributed by atoms with Crippen molar-refractivity contribution >= 4 is 11.6 Å². The van der Waals surface area contributed by atoms with Crippen molar-refractivity contribution in [2.45, 2.75) is 26.2 Å². The first-order valence-corrected chi connectivity index (χ1v) is 7.42. The molecule has 0 atom stereocenters. The standard InChI is InChI=1S/C19H22N2O2/c1-13(14-5-9-16(10-6-14)19(2,3)4)20-21-18(23)15-7-11-17(22)12-8-15/h5-12,20,22H,1H2,2-4H3,(H,21,23). The van der Waals surface area contributed by atoms with Crippen molar-refractivity contribution in [3.05, 3.63) is 71.8 Å². The molecule has 0 heterocycles. The number of benzene rings is 2. The zero-order valence-corrected chi connectivity index (χ0v) is 13.7. The fourth-order valence-electron chi connectivity index (χ4n) is 2.06. The van der Waals surface area contributed by atoms with Crippen molar-refractivity contribution in [2.75, 3.05) is 0 Å². The predicted octanol–water partition coefficient (Wildman–Crippen LogP) is 3.60. The van der Waals surface area contributed by atoms with Gasteiger partial charge in [0.1, 0.15) is 5.75 Å². The molecule has 0 fully saturated rings. The number of nitrogens with one attached hydrogen (secondary N) is 2. The molecule has 2 rings (SSSR count). The number of phenols is 1. The largest absolute Gasteiger partial charge is 0.508 e. The maximum absolute atomic E-state index is 12.0. The lowest BCUT2D eigenvalue weighted by Gasteiger charge is -2.19. The topological polar surface area (TPSA) is 61.4 Å². The Morgan fingerprint density at radius 3 is 1.96 bits per heavy atom. The Hall–Kier alpha value is -2.75. The average Bonchev–Trinajstić information content (AvgIpc) is 2.52. The minimum Gasteiger partial charge on any atom is -0.508 e. The molecule has 120 valence electrons. The summed E-state index contributed by atoms with van der Waals surface area (Å²) in [4.78, 5) is 12.0. The number of rotatable bonds is 4. The lowest BCUT2D eigenvalue weighted by molar-refractivity contribution is 0.0942. The smallest absolute Gasteiger partial charge is 0.269 e. The summed E-state index contributed by atoms with van der Waals surface area (Å²) in [6, 6.07) is 14.1. The highest BCUT2D eigenvalue weighted by atomic mass is 16.3. The van der Waals surface area contributed by atoms with Crippen LogP contribution in [0.25, 0.3) is 5.70 Å². The second-order valence-electron chi connectivity index (χ2n) is 6.43. The summed E-state index contributed by atoms with van der Waals surface area (Å²) >= 11 is 0. The van der Waals surface area contributed by atoms with Crippen molar-refractivity contribution in [1.29, 1.82) is 0 Å². The van der Waals surface area contributed by atoms with Gasteiger partial charge in [0.05, 0.1) is 5.70 Å². The second kappa shape index (κ2) is 6.57. The fraction of sp³-hybridized carbons (Fsp3) is 0.211. The molecule has 2 aromatic rings. The first kappa shape index (κ1) is 16.6. The Balaban J connectivity index is 1.97. The molecule has 2 aromatic carbocycles. The van der Waals surface area contributed by atoms with E-state index in [1.807, 2.05) is 12.1 Å². The molecule has 0 saturated heterocycles. The van der Waals surface area contributed by atoms with Gasteiger partial charge >= 0.3 is 0 Å². The van der Waals surface area contributed by atoms with E-state index in [1.54, 1.807) is 12.1 Å². The van der Waals surface area contributed by atoms with E-state index in [-0.39, 0.29) is 17.1 Å². The molecule has 4 heteroatoms. The highest BCUT2D eigenvalue weighted by molar-refractivity contribution is 5.94. The predicted molar refractivity (Wildman–Crippen MR) is 92.9 cm³/mol. The molecule has 0 unspecified atom stereocenters. The van der Waals surface area contributed by atoms with Crippen LogP contribution in [-0.4, -0.2) is 11.0 Å². The molecule has 0 radical (unpaired) electrons. The van der Waals surface area contributed by atoms with Gasteiger partial charge in [-0.3, -0.25) is 15.6 Å². The summed E-state index contributed by atoms with van der Waals surface area (Å²) in [5.74, 6) is -0.171. The highest BCUT2D eigenvalue weighted by Crippen LogP contribution is 2.23. The number of hydrogen-bond donors (Lipinski definition) is 3. The molecule has 0 aliphatic carbocycles. The molecule has 0 bridgehead atoms. The number of carbonyl (C=O) groups excluding carboxylic acids is 1. The zero-order valence-electron chi connectivity index (χ0n) is 13.7. The van der Waals surface area contributed by atoms with Crippen LogP contribution in [0.15, 0.2) is 55.1 Å². The maximum Gasteiger partial charge on any atom is 0.269 e. The van der Waals surface area contributed by atoms with E-state index in [4.69, 9.17) is 0 Å². The minimum absolute atomic E-state index is 0.0976. The van der Waals surface area contributed by atoms with Crippen molar-refractivity contribution < 1.29 is 9.90 Å². The van der Waals surface area contributed by atoms with E-state index in [9.17, 15) is 9.90 Å². The normalized spacial score (nSPS) is 10.9. The zero-order chi connectivity index (χ0) is 17.0. The number of carbonyl (C=O) groups is 1. The highest BCUT2D eigenvalue weighted by Gasteiger charge is 2.13. The van der Waals surface area contributed by atoms with E-state index in [2.05, 4.69) is 50.3 Å². The Bertz CT molecular complexity index is 696. The minimum atomic E-state index is -0.294. The van der Waals surface area contributed by atoms with Gasteiger partial charge < -0.3 is 5.11 Å². The van der Waals surface area contributed by atoms with Crippen LogP contribution in [0.1, 0.15) is 42.3 Å². The van der Waals surface area contributed by atoms with Gasteiger partial charge in [-0.1, -0.05) is 51.6 Å². The van der Waals surface area contributed by atoms with Crippen LogP contribution < -0.4 is 10.9 Å². The summed E-state index contributed by atoms with van der Waals surface area (Å²) in [6.07, 6.45) is 0. The fourth-order valence-corrected chi connectivity index (χ4v) is 2.06. The van der Waals surface area contributed by atoms with Crippen LogP contribution in [0.4, 0.5) is 0 Å². The van der Waals surface area contributed by atoms with Gasteiger partial charge in [-0.2, -0.15) is 0 Å². The molecule has 0 aliphatic heterocycles. The number of hydrazine groups is 1. The molecular weight excluding hydrogens is 288 g/mol. The van der Waals surface area contributed by atoms with Crippen LogP contribution in [0.2, 0.25) is 0 Å². The number of hydrogen-bond acceptors (Lipinski definition) is 3. The van der Waals surface area contributed by atoms with Crippen LogP contribution in [0, 0.1) is 0 Å². The summed E-state index contributed by atoms with van der Waals surface area (Å²) in [5, 5.41) is 9.22. The summed E-state index contributed by atoms with van der Waals surface area (Å²) in [7, 11) is 0. The second-order valence-corrected chi connectivity index (χ2v) is 6.43. The van der Waals surface area contributed by atoms with E-state index in [0.29, 0.717) is 11.3 Å². The van der Waals surface area contributed by atoms with Crippen LogP contribution in [0.5, 0.6) is 5.75 Å². The molecule has 0 aromatic heterocycles. The van der Waals surface area contributed by atoms with Crippen molar-refractivity contribution in [3.8, 4) is 5.75 Å². The first-order valence-electron chi connectivity index (χ1n) is 7.42. The number of phenolic OH excluding ortho intramolecular Hbond substituents is 1. The van der Waals surface area contributed by atoms with Gasteiger partial charge in [-0.15, -0.1) is 0 Å². The quantitative estimate of drug-likeness (QED) is 0.756. The van der Waals surface area contributed by atoms with Crippen molar-refractivity contribution in [3.63, 3.8) is 0 Å². The van der Waals surface area contributed by atoms with E-state index < -0.39 is 0 Å². The van der Waals surface area contributed by atoms with E-state index >= 15 is 0 Å². The van der Waals surface area contributed by atoms with E-state index in [1.165, 1.54) is 17.7 Å². The third-order valence-corrected chi connectivity index (χ3v) is 3.56. The van der Waals surface area contributed by atoms with Crippen LogP contribution >= 0.6 is 0 Å². The molecule has 4 nitrogen and oxygen atoms in total. The third-order valence-electron chi connectivity index (χ3n) is 3.56. The Morgan fingerprint density at radius 2 is 1.43 bits per heavy atom. The monoisotopic (exact) mass is 310 g/mol. The lowest BCUT2D eigenvalue weighted by Crippen LogP contribution is -2.35. The van der Waals surface area contributed by atoms with Crippen LogP contribution in [0.3, 0.4) is 0 Å². The number of aromatic hydroxyl groups is 1. The summed E-state index contributed by atoms with van der Waals surface area (Å²) < 4.78 is 0. The van der Waals surface area contributed by atoms with Gasteiger partial charge in [0.25, 0.3) is 5.91 Å². The third kappa shape index (κ3) is 4.36. The van der Waals surface area contributed by atoms with Crippen molar-refractivity contribution in [2.24, 2.45) is 0 Å². The number of amides is 1. The summed E-state index contributed by atoms with van der Waals surface area (Å²) in [6.45, 7) is 10.4. The van der Waals surface area contributed by atoms with Gasteiger partial charge in [0.2, 0.25) is 0 Å².